The molecule has 2 atom stereocenters. The Labute approximate surface area is 139 Å². The van der Waals surface area contributed by atoms with Crippen LogP contribution in [0, 0.1) is 0 Å². The Morgan fingerprint density at radius 2 is 2.09 bits per heavy atom. The van der Waals surface area contributed by atoms with Crippen LogP contribution in [0.5, 0.6) is 0 Å². The van der Waals surface area contributed by atoms with E-state index in [9.17, 15) is 21.6 Å². The summed E-state index contributed by atoms with van der Waals surface area (Å²) in [6, 6.07) is 0. The molecule has 0 aromatic carbocycles. The number of oxime groups is 1. The van der Waals surface area contributed by atoms with Gasteiger partial charge in [0.05, 0.1) is 11.1 Å². The van der Waals surface area contributed by atoms with Crippen LogP contribution in [0.1, 0.15) is 36.8 Å². The Balaban J connectivity index is 2.42. The van der Waals surface area contributed by atoms with Gasteiger partial charge < -0.3 is 4.84 Å². The van der Waals surface area contributed by atoms with Crippen LogP contribution in [-0.2, 0) is 20.9 Å². The van der Waals surface area contributed by atoms with E-state index >= 15 is 0 Å². The molecule has 0 aliphatic carbocycles. The third-order valence-electron chi connectivity index (χ3n) is 3.42. The highest BCUT2D eigenvalue weighted by Crippen LogP contribution is 2.40. The van der Waals surface area contributed by atoms with Gasteiger partial charge in [0.2, 0.25) is 9.84 Å². The first kappa shape index (κ1) is 18.3. The molecule has 12 heteroatoms. The molecule has 0 spiro atoms. The van der Waals surface area contributed by atoms with Gasteiger partial charge >= 0.3 is 6.18 Å². The van der Waals surface area contributed by atoms with Crippen LogP contribution in [-0.4, -0.2) is 35.1 Å². The number of rotatable bonds is 3. The van der Waals surface area contributed by atoms with Crippen molar-refractivity contribution in [2.24, 2.45) is 5.16 Å². The molecule has 1 aromatic rings. The molecule has 0 saturated heterocycles. The zero-order chi connectivity index (χ0) is 17.6. The van der Waals surface area contributed by atoms with E-state index in [-0.39, 0.29) is 17.3 Å². The summed E-state index contributed by atoms with van der Waals surface area (Å²) in [6.45, 7) is 2.63. The van der Waals surface area contributed by atoms with E-state index in [4.69, 9.17) is 28.0 Å². The number of nitrogens with one attached hydrogen (secondary N) is 1. The van der Waals surface area contributed by atoms with Crippen LogP contribution in [0.25, 0.3) is 0 Å². The van der Waals surface area contributed by atoms with Crippen molar-refractivity contribution in [2.45, 2.75) is 37.3 Å². The fraction of sp³-hybridized carbons (Fsp3) is 0.636. The largest absolute Gasteiger partial charge is 0.433 e. The van der Waals surface area contributed by atoms with Crippen molar-refractivity contribution in [1.82, 2.24) is 10.2 Å². The number of alkyl halides is 4. The van der Waals surface area contributed by atoms with Crippen molar-refractivity contribution in [3.8, 4) is 0 Å². The Hall–Kier alpha value is -1.00. The van der Waals surface area contributed by atoms with Gasteiger partial charge in [0.25, 0.3) is 0 Å². The van der Waals surface area contributed by atoms with E-state index in [1.807, 2.05) is 0 Å². The van der Waals surface area contributed by atoms with Gasteiger partial charge in [-0.25, -0.2) is 8.42 Å². The second kappa shape index (κ2) is 5.82. The second-order valence-electron chi connectivity index (χ2n) is 5.32. The molecule has 0 fully saturated rings. The fourth-order valence-electron chi connectivity index (χ4n) is 2.04. The maximum Gasteiger partial charge on any atom is 0.433 e. The lowest BCUT2D eigenvalue weighted by molar-refractivity contribution is -0.141. The van der Waals surface area contributed by atoms with Crippen LogP contribution in [0.4, 0.5) is 13.2 Å². The third kappa shape index (κ3) is 3.29. The van der Waals surface area contributed by atoms with E-state index in [0.717, 1.165) is 6.92 Å². The standard InChI is InChI=1S/C11H12Cl2F3N3O3S/c1-5(7-8(11(14,15)16)17-18-9(7)13)23(20,21)6-3-10(2,4-12)22-19-6/h5H,3-4H2,1-2H3,(H,17,18). The SMILES string of the molecule is CC(c1c(Cl)n[nH]c1C(F)(F)F)S(=O)(=O)C1=NOC(C)(CCl)C1. The lowest BCUT2D eigenvalue weighted by Gasteiger charge is -2.18. The summed E-state index contributed by atoms with van der Waals surface area (Å²) < 4.78 is 64.0. The van der Waals surface area contributed by atoms with Crippen molar-refractivity contribution in [1.29, 1.82) is 0 Å². The first-order chi connectivity index (χ1) is 10.4. The molecular weight excluding hydrogens is 382 g/mol. The Morgan fingerprint density at radius 3 is 2.57 bits per heavy atom. The summed E-state index contributed by atoms with van der Waals surface area (Å²) in [7, 11) is -4.23. The van der Waals surface area contributed by atoms with E-state index in [2.05, 4.69) is 10.3 Å². The predicted molar refractivity (Wildman–Crippen MR) is 78.2 cm³/mol. The number of nitrogens with zero attached hydrogens (tertiary/aromatic N) is 2. The van der Waals surface area contributed by atoms with Gasteiger partial charge in [-0.15, -0.1) is 11.6 Å². The first-order valence-corrected chi connectivity index (χ1v) is 8.74. The van der Waals surface area contributed by atoms with Gasteiger partial charge in [-0.1, -0.05) is 16.8 Å². The van der Waals surface area contributed by atoms with Gasteiger partial charge in [-0.2, -0.15) is 18.3 Å². The molecule has 130 valence electrons. The summed E-state index contributed by atoms with van der Waals surface area (Å²) in [6.07, 6.45) is -4.96. The smallest absolute Gasteiger partial charge is 0.387 e. The molecule has 0 amide bonds. The summed E-state index contributed by atoms with van der Waals surface area (Å²) >= 11 is 11.3. The number of sulfone groups is 1. The van der Waals surface area contributed by atoms with Crippen LogP contribution in [0.15, 0.2) is 5.16 Å². The minimum atomic E-state index is -4.82. The molecule has 2 heterocycles. The van der Waals surface area contributed by atoms with Crippen molar-refractivity contribution < 1.29 is 26.4 Å². The maximum atomic E-state index is 13.0. The van der Waals surface area contributed by atoms with Gasteiger partial charge in [0.15, 0.2) is 15.8 Å². The summed E-state index contributed by atoms with van der Waals surface area (Å²) in [5, 5.41) is 5.90. The highest BCUT2D eigenvalue weighted by Gasteiger charge is 2.46. The number of aromatic amines is 1. The van der Waals surface area contributed by atoms with E-state index in [0.29, 0.717) is 0 Å². The Morgan fingerprint density at radius 1 is 1.48 bits per heavy atom. The van der Waals surface area contributed by atoms with Crippen molar-refractivity contribution in [3.05, 3.63) is 16.4 Å². The van der Waals surface area contributed by atoms with Crippen LogP contribution in [0.2, 0.25) is 5.15 Å². The summed E-state index contributed by atoms with van der Waals surface area (Å²) in [4.78, 5) is 4.98. The lowest BCUT2D eigenvalue weighted by atomic mass is 10.1. The fourth-order valence-corrected chi connectivity index (χ4v) is 4.15. The number of hydrogen-bond donors (Lipinski definition) is 1. The predicted octanol–water partition coefficient (Wildman–Crippen LogP) is 3.29. The average molecular weight is 394 g/mol. The monoisotopic (exact) mass is 393 g/mol. The van der Waals surface area contributed by atoms with Crippen molar-refractivity contribution >= 4 is 38.1 Å². The molecule has 1 aliphatic heterocycles. The minimum Gasteiger partial charge on any atom is -0.387 e. The van der Waals surface area contributed by atoms with E-state index < -0.39 is 43.3 Å². The van der Waals surface area contributed by atoms with Gasteiger partial charge in [0.1, 0.15) is 5.69 Å². The number of aromatic nitrogens is 2. The average Bonchev–Trinajstić information content (AvgIpc) is 3.02. The Bertz CT molecular complexity index is 747. The Kier molecular flexibility index (Phi) is 4.64. The van der Waals surface area contributed by atoms with Crippen molar-refractivity contribution in [3.63, 3.8) is 0 Å². The molecule has 1 aromatic heterocycles. The summed E-state index contributed by atoms with van der Waals surface area (Å²) in [5.74, 6) is -0.0236. The molecular formula is C11H12Cl2F3N3O3S. The molecule has 1 N–H and O–H groups in total. The molecule has 6 nitrogen and oxygen atoms in total. The summed E-state index contributed by atoms with van der Waals surface area (Å²) in [5.41, 5.74) is -2.98. The van der Waals surface area contributed by atoms with E-state index in [1.165, 1.54) is 0 Å². The molecule has 2 unspecified atom stereocenters. The molecule has 2 rings (SSSR count). The third-order valence-corrected chi connectivity index (χ3v) is 6.31. The van der Waals surface area contributed by atoms with Gasteiger partial charge in [-0.3, -0.25) is 5.10 Å². The number of hydrogen-bond acceptors (Lipinski definition) is 5. The topological polar surface area (TPSA) is 84.4 Å². The highest BCUT2D eigenvalue weighted by atomic mass is 35.5. The zero-order valence-electron chi connectivity index (χ0n) is 11.9. The number of halogens is 5. The molecule has 23 heavy (non-hydrogen) atoms. The second-order valence-corrected chi connectivity index (χ2v) is 8.22. The van der Waals surface area contributed by atoms with Crippen LogP contribution in [0.3, 0.4) is 0 Å². The molecule has 0 saturated carbocycles. The number of H-pyrrole nitrogens is 1. The molecule has 0 bridgehead atoms. The minimum absolute atomic E-state index is 0.0236. The van der Waals surface area contributed by atoms with Gasteiger partial charge in [-0.05, 0) is 13.8 Å². The highest BCUT2D eigenvalue weighted by molar-refractivity contribution is 8.06. The zero-order valence-corrected chi connectivity index (χ0v) is 14.2. The van der Waals surface area contributed by atoms with Gasteiger partial charge in [0, 0.05) is 12.0 Å². The molecule has 1 aliphatic rings. The quantitative estimate of drug-likeness (QED) is 0.798. The first-order valence-electron chi connectivity index (χ1n) is 6.28. The van der Waals surface area contributed by atoms with Crippen LogP contribution >= 0.6 is 23.2 Å². The van der Waals surface area contributed by atoms with Crippen molar-refractivity contribution in [2.75, 3.05) is 5.88 Å². The lowest BCUT2D eigenvalue weighted by Crippen LogP contribution is -2.30. The normalized spacial score (nSPS) is 23.5. The molecule has 0 radical (unpaired) electrons. The maximum absolute atomic E-state index is 13.0. The van der Waals surface area contributed by atoms with Crippen LogP contribution < -0.4 is 0 Å². The van der Waals surface area contributed by atoms with E-state index in [1.54, 1.807) is 12.0 Å².